The van der Waals surface area contributed by atoms with Crippen LogP contribution >= 0.6 is 0 Å². The molecule has 2 fully saturated rings. The molecular formula is C22H30N6O2. The van der Waals surface area contributed by atoms with Crippen LogP contribution in [0.3, 0.4) is 0 Å². The highest BCUT2D eigenvalue weighted by atomic mass is 16.5. The molecule has 2 N–H and O–H groups in total. The maximum Gasteiger partial charge on any atom is 0.248 e. The average molecular weight is 411 g/mol. The summed E-state index contributed by atoms with van der Waals surface area (Å²) in [6.45, 7) is 7.37. The summed E-state index contributed by atoms with van der Waals surface area (Å²) >= 11 is 0. The number of anilines is 1. The summed E-state index contributed by atoms with van der Waals surface area (Å²) < 4.78 is 5.66. The van der Waals surface area contributed by atoms with E-state index in [0.29, 0.717) is 30.3 Å². The van der Waals surface area contributed by atoms with Crippen molar-refractivity contribution in [1.29, 1.82) is 10.7 Å². The summed E-state index contributed by atoms with van der Waals surface area (Å²) in [5.41, 5.74) is 2.64. The number of fused-ring (bicyclic) bond motifs is 2. The van der Waals surface area contributed by atoms with E-state index in [1.807, 2.05) is 24.9 Å². The molecule has 2 unspecified atom stereocenters. The Kier molecular flexibility index (Phi) is 6.73. The third-order valence-corrected chi connectivity index (χ3v) is 6.14. The minimum atomic E-state index is -0.0179. The Bertz CT molecular complexity index is 873. The van der Waals surface area contributed by atoms with Crippen LogP contribution in [0.25, 0.3) is 0 Å². The summed E-state index contributed by atoms with van der Waals surface area (Å²) in [5, 5.41) is 19.9. The van der Waals surface area contributed by atoms with Gasteiger partial charge in [-0.25, -0.2) is 4.98 Å². The molecule has 2 bridgehead atoms. The number of amides is 1. The maximum atomic E-state index is 12.8. The number of pyridine rings is 1. The molecule has 8 nitrogen and oxygen atoms in total. The molecule has 30 heavy (non-hydrogen) atoms. The van der Waals surface area contributed by atoms with Crippen molar-refractivity contribution in [1.82, 2.24) is 15.2 Å². The van der Waals surface area contributed by atoms with Crippen molar-refractivity contribution in [3.63, 3.8) is 0 Å². The van der Waals surface area contributed by atoms with Crippen molar-refractivity contribution in [2.24, 2.45) is 5.92 Å². The third-order valence-electron chi connectivity index (χ3n) is 6.14. The molecule has 0 spiro atoms. The maximum absolute atomic E-state index is 12.8. The zero-order chi connectivity index (χ0) is 21.8. The number of carbonyl (C=O) groups is 1. The zero-order valence-corrected chi connectivity index (χ0v) is 18.1. The van der Waals surface area contributed by atoms with Crippen molar-refractivity contribution >= 4 is 17.4 Å². The Labute approximate surface area is 178 Å². The van der Waals surface area contributed by atoms with Gasteiger partial charge in [0.2, 0.25) is 5.91 Å². The van der Waals surface area contributed by atoms with Gasteiger partial charge in [0.1, 0.15) is 18.5 Å². The first-order valence-corrected chi connectivity index (χ1v) is 10.3. The number of nitrogens with zero attached hydrogens (tertiary/aromatic N) is 4. The number of allylic oxidation sites excluding steroid dienone is 1. The van der Waals surface area contributed by atoms with Crippen LogP contribution in [0.4, 0.5) is 5.82 Å². The Balaban J connectivity index is 1.61. The molecule has 160 valence electrons. The van der Waals surface area contributed by atoms with Crippen molar-refractivity contribution in [3.05, 3.63) is 35.2 Å². The van der Waals surface area contributed by atoms with Gasteiger partial charge in [0, 0.05) is 49.4 Å². The lowest BCUT2D eigenvalue weighted by Gasteiger charge is -2.42. The Hall–Kier alpha value is -2.92. The summed E-state index contributed by atoms with van der Waals surface area (Å²) in [7, 11) is 1.81. The van der Waals surface area contributed by atoms with Gasteiger partial charge in [-0.05, 0) is 38.3 Å². The van der Waals surface area contributed by atoms with Crippen LogP contribution in [0.1, 0.15) is 32.8 Å². The molecule has 0 aromatic carbocycles. The summed E-state index contributed by atoms with van der Waals surface area (Å²) in [4.78, 5) is 21.5. The number of nitriles is 1. The van der Waals surface area contributed by atoms with Crippen LogP contribution in [-0.4, -0.2) is 66.9 Å². The fourth-order valence-corrected chi connectivity index (χ4v) is 4.38. The van der Waals surface area contributed by atoms with Gasteiger partial charge in [0.15, 0.2) is 0 Å². The summed E-state index contributed by atoms with van der Waals surface area (Å²) in [6.07, 6.45) is 2.62. The van der Waals surface area contributed by atoms with E-state index in [0.717, 1.165) is 23.5 Å². The van der Waals surface area contributed by atoms with E-state index in [4.69, 9.17) is 15.4 Å². The van der Waals surface area contributed by atoms with Crippen LogP contribution in [-0.2, 0) is 9.53 Å². The number of hydrogen-bond acceptors (Lipinski definition) is 7. The molecule has 1 amide bonds. The molecule has 3 atom stereocenters. The van der Waals surface area contributed by atoms with Gasteiger partial charge in [0.05, 0.1) is 18.2 Å². The quantitative estimate of drug-likeness (QED) is 0.666. The number of likely N-dealkylation sites (tertiary alicyclic amines) is 1. The summed E-state index contributed by atoms with van der Waals surface area (Å²) in [6, 6.07) is 6.22. The fraction of sp³-hybridized carbons (Fsp3) is 0.545. The van der Waals surface area contributed by atoms with Gasteiger partial charge in [0.25, 0.3) is 0 Å². The minimum Gasteiger partial charge on any atom is -0.391 e. The van der Waals surface area contributed by atoms with Crippen molar-refractivity contribution in [2.75, 3.05) is 38.3 Å². The van der Waals surface area contributed by atoms with E-state index in [1.54, 1.807) is 19.2 Å². The van der Waals surface area contributed by atoms with Crippen molar-refractivity contribution in [2.45, 2.75) is 39.3 Å². The molecule has 2 aliphatic heterocycles. The first-order valence-electron chi connectivity index (χ1n) is 10.3. The normalized spacial score (nSPS) is 23.6. The van der Waals surface area contributed by atoms with E-state index < -0.39 is 0 Å². The fourth-order valence-electron chi connectivity index (χ4n) is 4.38. The van der Waals surface area contributed by atoms with E-state index >= 15 is 0 Å². The van der Waals surface area contributed by atoms with E-state index in [-0.39, 0.29) is 31.2 Å². The zero-order valence-electron chi connectivity index (χ0n) is 18.1. The Morgan fingerprint density at radius 1 is 1.37 bits per heavy atom. The minimum absolute atomic E-state index is 0.0106. The number of ether oxygens (including phenoxy) is 1. The molecule has 3 heterocycles. The van der Waals surface area contributed by atoms with Gasteiger partial charge in [-0.15, -0.1) is 0 Å². The highest BCUT2D eigenvalue weighted by molar-refractivity contribution is 5.96. The van der Waals surface area contributed by atoms with E-state index in [2.05, 4.69) is 28.2 Å². The molecule has 8 heteroatoms. The Morgan fingerprint density at radius 3 is 2.70 bits per heavy atom. The van der Waals surface area contributed by atoms with E-state index in [1.165, 1.54) is 0 Å². The molecule has 0 aliphatic carbocycles. The predicted molar refractivity (Wildman–Crippen MR) is 115 cm³/mol. The van der Waals surface area contributed by atoms with Gasteiger partial charge in [-0.2, -0.15) is 5.26 Å². The lowest BCUT2D eigenvalue weighted by atomic mass is 10.0. The number of aromatic nitrogens is 1. The second kappa shape index (κ2) is 9.26. The molecule has 1 aromatic heterocycles. The SMILES string of the molecule is CN/C(C)=C(/COCC(=O)N1CC2C[C@H](C)C(C1)N2c1ccc(C#N)cn1)C(C)=N. The number of nitrogens with one attached hydrogen (secondary N) is 2. The Morgan fingerprint density at radius 2 is 2.13 bits per heavy atom. The van der Waals surface area contributed by atoms with Crippen LogP contribution in [0, 0.1) is 22.7 Å². The largest absolute Gasteiger partial charge is 0.391 e. The number of hydrogen-bond donors (Lipinski definition) is 2. The molecule has 3 rings (SSSR count). The lowest BCUT2D eigenvalue weighted by molar-refractivity contribution is -0.136. The van der Waals surface area contributed by atoms with Crippen LogP contribution in [0.15, 0.2) is 29.6 Å². The van der Waals surface area contributed by atoms with Gasteiger partial charge >= 0.3 is 0 Å². The second-order valence-corrected chi connectivity index (χ2v) is 8.13. The topological polar surface area (TPSA) is 105 Å². The highest BCUT2D eigenvalue weighted by Crippen LogP contribution is 2.37. The predicted octanol–water partition coefficient (Wildman–Crippen LogP) is 1.93. The smallest absolute Gasteiger partial charge is 0.248 e. The van der Waals surface area contributed by atoms with Gasteiger partial charge < -0.3 is 25.3 Å². The highest BCUT2D eigenvalue weighted by Gasteiger charge is 2.45. The lowest BCUT2D eigenvalue weighted by Crippen LogP contribution is -2.57. The molecule has 2 saturated heterocycles. The molecular weight excluding hydrogens is 380 g/mol. The van der Waals surface area contributed by atoms with Crippen LogP contribution < -0.4 is 10.2 Å². The number of carbonyl (C=O) groups excluding carboxylic acids is 1. The van der Waals surface area contributed by atoms with Crippen LogP contribution in [0.5, 0.6) is 0 Å². The third kappa shape index (κ3) is 4.46. The van der Waals surface area contributed by atoms with Crippen molar-refractivity contribution in [3.8, 4) is 6.07 Å². The van der Waals surface area contributed by atoms with Gasteiger partial charge in [-0.1, -0.05) is 6.92 Å². The standard InChI is InChI=1S/C22H30N6O2/c1-14-7-18-10-27(22(29)13-30-12-19(15(2)24)16(3)25-4)11-20(14)28(18)21-6-5-17(8-23)9-26-21/h5-6,9,14,18,20,24-25H,7,10-13H2,1-4H3/b19-16-,24-15?/t14-,18?,20?/m0/s1. The number of rotatable bonds is 7. The average Bonchev–Trinajstić information content (AvgIpc) is 2.94. The van der Waals surface area contributed by atoms with Crippen LogP contribution in [0.2, 0.25) is 0 Å². The second-order valence-electron chi connectivity index (χ2n) is 8.13. The molecule has 2 aliphatic rings. The van der Waals surface area contributed by atoms with Crippen molar-refractivity contribution < 1.29 is 9.53 Å². The molecule has 1 aromatic rings. The molecule has 0 radical (unpaired) electrons. The first kappa shape index (κ1) is 21.8. The summed E-state index contributed by atoms with van der Waals surface area (Å²) in [5.74, 6) is 1.31. The van der Waals surface area contributed by atoms with Gasteiger partial charge in [-0.3, -0.25) is 4.79 Å². The first-order chi connectivity index (χ1) is 14.3. The number of piperazine rings is 1. The monoisotopic (exact) mass is 410 g/mol. The van der Waals surface area contributed by atoms with E-state index in [9.17, 15) is 4.79 Å². The molecule has 0 saturated carbocycles.